The van der Waals surface area contributed by atoms with E-state index < -0.39 is 17.5 Å². The van der Waals surface area contributed by atoms with Gasteiger partial charge in [-0.2, -0.15) is 9.78 Å². The molecule has 0 spiro atoms. The van der Waals surface area contributed by atoms with Crippen LogP contribution in [0.5, 0.6) is 0 Å². The summed E-state index contributed by atoms with van der Waals surface area (Å²) in [6, 6.07) is 2.60. The SMILES string of the molecule is COC(=O)/C=C(/C(=O)OC)n1ncccc1=O. The number of esters is 2. The van der Waals surface area contributed by atoms with Gasteiger partial charge in [-0.25, -0.2) is 9.59 Å². The van der Waals surface area contributed by atoms with Crippen molar-refractivity contribution in [2.24, 2.45) is 0 Å². The third-order valence-corrected chi connectivity index (χ3v) is 1.79. The lowest BCUT2D eigenvalue weighted by Crippen LogP contribution is -2.25. The van der Waals surface area contributed by atoms with Crippen molar-refractivity contribution >= 4 is 17.6 Å². The first-order valence-corrected chi connectivity index (χ1v) is 4.53. The summed E-state index contributed by atoms with van der Waals surface area (Å²) in [6.07, 6.45) is 2.13. The third-order valence-electron chi connectivity index (χ3n) is 1.79. The number of aromatic nitrogens is 2. The summed E-state index contributed by atoms with van der Waals surface area (Å²) in [4.78, 5) is 33.9. The molecule has 0 aliphatic heterocycles. The molecule has 0 amide bonds. The first kappa shape index (κ1) is 12.6. The van der Waals surface area contributed by atoms with Crippen molar-refractivity contribution in [2.45, 2.75) is 0 Å². The van der Waals surface area contributed by atoms with Crippen molar-refractivity contribution in [1.82, 2.24) is 9.78 Å². The highest BCUT2D eigenvalue weighted by atomic mass is 16.5. The molecule has 17 heavy (non-hydrogen) atoms. The highest BCUT2D eigenvalue weighted by Gasteiger charge is 2.16. The molecule has 0 atom stereocenters. The third kappa shape index (κ3) is 3.00. The van der Waals surface area contributed by atoms with Gasteiger partial charge >= 0.3 is 11.9 Å². The van der Waals surface area contributed by atoms with E-state index in [0.717, 1.165) is 25.0 Å². The largest absolute Gasteiger partial charge is 0.466 e. The molecule has 0 unspecified atom stereocenters. The van der Waals surface area contributed by atoms with Crippen LogP contribution in [0, 0.1) is 0 Å². The van der Waals surface area contributed by atoms with E-state index in [1.165, 1.54) is 18.3 Å². The zero-order valence-electron chi connectivity index (χ0n) is 9.25. The highest BCUT2D eigenvalue weighted by Crippen LogP contribution is 2.02. The predicted molar refractivity (Wildman–Crippen MR) is 56.8 cm³/mol. The zero-order valence-corrected chi connectivity index (χ0v) is 9.25. The quantitative estimate of drug-likeness (QED) is 0.517. The standard InChI is InChI=1S/C10H10N2O5/c1-16-9(14)6-7(10(15)17-2)12-8(13)4-3-5-11-12/h3-6H,1-2H3/b7-6-. The van der Waals surface area contributed by atoms with Crippen molar-refractivity contribution in [3.8, 4) is 0 Å². The smallest absolute Gasteiger partial charge is 0.357 e. The van der Waals surface area contributed by atoms with Gasteiger partial charge in [0.25, 0.3) is 5.56 Å². The van der Waals surface area contributed by atoms with Crippen LogP contribution < -0.4 is 5.56 Å². The monoisotopic (exact) mass is 238 g/mol. The summed E-state index contributed by atoms with van der Waals surface area (Å²) < 4.78 is 9.58. The number of hydrogen-bond acceptors (Lipinski definition) is 6. The van der Waals surface area contributed by atoms with E-state index in [0.29, 0.717) is 0 Å². The first-order valence-electron chi connectivity index (χ1n) is 4.53. The fraction of sp³-hybridized carbons (Fsp3) is 0.200. The van der Waals surface area contributed by atoms with Crippen LogP contribution in [0.2, 0.25) is 0 Å². The lowest BCUT2D eigenvalue weighted by Gasteiger charge is -2.05. The summed E-state index contributed by atoms with van der Waals surface area (Å²) in [5.41, 5.74) is -0.877. The van der Waals surface area contributed by atoms with Gasteiger partial charge in [0.1, 0.15) is 0 Å². The lowest BCUT2D eigenvalue weighted by atomic mass is 10.4. The summed E-state index contributed by atoms with van der Waals surface area (Å²) >= 11 is 0. The molecule has 1 rings (SSSR count). The summed E-state index contributed by atoms with van der Waals surface area (Å²) in [6.45, 7) is 0. The van der Waals surface area contributed by atoms with Gasteiger partial charge in [0, 0.05) is 12.3 Å². The Balaban J connectivity index is 3.31. The van der Waals surface area contributed by atoms with E-state index in [2.05, 4.69) is 14.6 Å². The van der Waals surface area contributed by atoms with E-state index in [9.17, 15) is 14.4 Å². The molecule has 7 nitrogen and oxygen atoms in total. The molecule has 7 heteroatoms. The molecule has 0 saturated carbocycles. The molecule has 0 N–H and O–H groups in total. The number of rotatable bonds is 3. The van der Waals surface area contributed by atoms with Crippen LogP contribution in [0.25, 0.3) is 5.70 Å². The lowest BCUT2D eigenvalue weighted by molar-refractivity contribution is -0.137. The van der Waals surface area contributed by atoms with Crippen LogP contribution in [-0.4, -0.2) is 35.9 Å². The van der Waals surface area contributed by atoms with E-state index >= 15 is 0 Å². The molecule has 90 valence electrons. The Bertz CT molecular complexity index is 517. The van der Waals surface area contributed by atoms with Crippen molar-refractivity contribution < 1.29 is 19.1 Å². The Morgan fingerprint density at radius 1 is 1.35 bits per heavy atom. The van der Waals surface area contributed by atoms with E-state index in [-0.39, 0.29) is 5.70 Å². The maximum Gasteiger partial charge on any atom is 0.357 e. The van der Waals surface area contributed by atoms with Crippen LogP contribution in [0.15, 0.2) is 29.2 Å². The second-order valence-corrected chi connectivity index (χ2v) is 2.82. The Labute approximate surface area is 96.3 Å². The Kier molecular flexibility index (Phi) is 4.15. The number of carbonyl (C=O) groups is 2. The first-order chi connectivity index (χ1) is 8.10. The molecule has 1 heterocycles. The van der Waals surface area contributed by atoms with Gasteiger partial charge in [-0.15, -0.1) is 0 Å². The maximum absolute atomic E-state index is 11.5. The van der Waals surface area contributed by atoms with E-state index in [4.69, 9.17) is 0 Å². The summed E-state index contributed by atoms with van der Waals surface area (Å²) in [7, 11) is 2.27. The zero-order chi connectivity index (χ0) is 12.8. The molecule has 0 aliphatic rings. The van der Waals surface area contributed by atoms with Gasteiger partial charge < -0.3 is 9.47 Å². The molecule has 0 bridgehead atoms. The van der Waals surface area contributed by atoms with Crippen molar-refractivity contribution in [3.05, 3.63) is 34.8 Å². The van der Waals surface area contributed by atoms with Crippen molar-refractivity contribution in [1.29, 1.82) is 0 Å². The molecule has 0 radical (unpaired) electrons. The molecule has 0 fully saturated rings. The van der Waals surface area contributed by atoms with Crippen LogP contribution in [0.4, 0.5) is 0 Å². The van der Waals surface area contributed by atoms with E-state index in [1.54, 1.807) is 0 Å². The minimum absolute atomic E-state index is 0.315. The average molecular weight is 238 g/mol. The fourth-order valence-electron chi connectivity index (χ4n) is 1.02. The van der Waals surface area contributed by atoms with Gasteiger partial charge in [0.05, 0.1) is 20.3 Å². The fourth-order valence-corrected chi connectivity index (χ4v) is 1.02. The molecule has 0 saturated heterocycles. The van der Waals surface area contributed by atoms with Crippen LogP contribution >= 0.6 is 0 Å². The summed E-state index contributed by atoms with van der Waals surface area (Å²) in [5.74, 6) is -1.65. The summed E-state index contributed by atoms with van der Waals surface area (Å²) in [5, 5.41) is 3.66. The maximum atomic E-state index is 11.5. The van der Waals surface area contributed by atoms with Crippen LogP contribution in [0.1, 0.15) is 0 Å². The number of nitrogens with zero attached hydrogens (tertiary/aromatic N) is 2. The number of hydrogen-bond donors (Lipinski definition) is 0. The topological polar surface area (TPSA) is 87.5 Å². The molecular formula is C10H10N2O5. The highest BCUT2D eigenvalue weighted by molar-refractivity contribution is 6.14. The van der Waals surface area contributed by atoms with Gasteiger partial charge in [-0.05, 0) is 6.07 Å². The van der Waals surface area contributed by atoms with Crippen molar-refractivity contribution in [2.75, 3.05) is 14.2 Å². The minimum atomic E-state index is -0.865. The molecule has 1 aromatic heterocycles. The van der Waals surface area contributed by atoms with E-state index in [1.807, 2.05) is 0 Å². The number of carbonyl (C=O) groups excluding carboxylic acids is 2. The molecule has 0 aromatic carbocycles. The number of ether oxygens (including phenoxy) is 2. The van der Waals surface area contributed by atoms with Gasteiger partial charge in [0.15, 0.2) is 5.70 Å². The Hall–Kier alpha value is -2.44. The molecule has 0 aliphatic carbocycles. The normalized spacial score (nSPS) is 10.8. The van der Waals surface area contributed by atoms with Crippen LogP contribution in [0.3, 0.4) is 0 Å². The Morgan fingerprint density at radius 2 is 2.06 bits per heavy atom. The average Bonchev–Trinajstić information content (AvgIpc) is 2.35. The van der Waals surface area contributed by atoms with Gasteiger partial charge in [-0.3, -0.25) is 4.79 Å². The number of methoxy groups -OCH3 is 2. The second kappa shape index (κ2) is 5.59. The minimum Gasteiger partial charge on any atom is -0.466 e. The molecule has 1 aromatic rings. The van der Waals surface area contributed by atoms with Gasteiger partial charge in [-0.1, -0.05) is 0 Å². The predicted octanol–water partition coefficient (Wildman–Crippen LogP) is -0.570. The van der Waals surface area contributed by atoms with Crippen molar-refractivity contribution in [3.63, 3.8) is 0 Å². The van der Waals surface area contributed by atoms with Crippen LogP contribution in [-0.2, 0) is 19.1 Å². The van der Waals surface area contributed by atoms with Gasteiger partial charge in [0.2, 0.25) is 0 Å². The molecular weight excluding hydrogens is 228 g/mol. The Morgan fingerprint density at radius 3 is 2.59 bits per heavy atom. The second-order valence-electron chi connectivity index (χ2n) is 2.82.